The topological polar surface area (TPSA) is 46.3 Å². The van der Waals surface area contributed by atoms with Crippen molar-refractivity contribution in [3.63, 3.8) is 0 Å². The predicted octanol–water partition coefficient (Wildman–Crippen LogP) is 1.06. The molecular formula is C10H11FN2O. The van der Waals surface area contributed by atoms with Crippen molar-refractivity contribution >= 4 is 11.6 Å². The Kier molecular flexibility index (Phi) is 2.11. The van der Waals surface area contributed by atoms with Crippen LogP contribution in [-0.4, -0.2) is 30.1 Å². The van der Waals surface area contributed by atoms with Crippen molar-refractivity contribution in [2.24, 2.45) is 0 Å². The van der Waals surface area contributed by atoms with Crippen LogP contribution in [0.1, 0.15) is 10.4 Å². The normalized spacial score (nSPS) is 16.5. The van der Waals surface area contributed by atoms with Crippen LogP contribution >= 0.6 is 0 Å². The van der Waals surface area contributed by atoms with Gasteiger partial charge >= 0.3 is 0 Å². The maximum Gasteiger partial charge on any atom is 0.254 e. The van der Waals surface area contributed by atoms with Crippen molar-refractivity contribution in [1.29, 1.82) is 0 Å². The lowest BCUT2D eigenvalue weighted by atomic mass is 10.1. The SMILES string of the molecule is Nc1ccc(C(=O)N2CC(F)C2)cc1. The Bertz CT molecular complexity index is 344. The number of amides is 1. The Morgan fingerprint density at radius 3 is 2.43 bits per heavy atom. The second kappa shape index (κ2) is 3.29. The average Bonchev–Trinajstić information content (AvgIpc) is 2.13. The van der Waals surface area contributed by atoms with Gasteiger partial charge in [0.2, 0.25) is 0 Å². The van der Waals surface area contributed by atoms with Crippen LogP contribution in [-0.2, 0) is 0 Å². The minimum absolute atomic E-state index is 0.126. The number of halogens is 1. The van der Waals surface area contributed by atoms with Crippen molar-refractivity contribution in [3.05, 3.63) is 29.8 Å². The fourth-order valence-electron chi connectivity index (χ4n) is 1.40. The van der Waals surface area contributed by atoms with Crippen LogP contribution in [0.25, 0.3) is 0 Å². The molecule has 14 heavy (non-hydrogen) atoms. The minimum Gasteiger partial charge on any atom is -0.399 e. The van der Waals surface area contributed by atoms with Crippen molar-refractivity contribution in [3.8, 4) is 0 Å². The van der Waals surface area contributed by atoms with E-state index in [2.05, 4.69) is 0 Å². The van der Waals surface area contributed by atoms with Crippen LogP contribution in [0.5, 0.6) is 0 Å². The van der Waals surface area contributed by atoms with E-state index in [1.165, 1.54) is 4.90 Å². The zero-order chi connectivity index (χ0) is 10.1. The summed E-state index contributed by atoms with van der Waals surface area (Å²) < 4.78 is 12.5. The van der Waals surface area contributed by atoms with E-state index in [-0.39, 0.29) is 19.0 Å². The van der Waals surface area contributed by atoms with Gasteiger partial charge in [-0.15, -0.1) is 0 Å². The molecule has 0 aliphatic carbocycles. The van der Waals surface area contributed by atoms with E-state index in [1.807, 2.05) is 0 Å². The summed E-state index contributed by atoms with van der Waals surface area (Å²) >= 11 is 0. The fourth-order valence-corrected chi connectivity index (χ4v) is 1.40. The summed E-state index contributed by atoms with van der Waals surface area (Å²) in [5, 5.41) is 0. The molecule has 1 fully saturated rings. The molecule has 1 heterocycles. The first-order chi connectivity index (χ1) is 6.66. The highest BCUT2D eigenvalue weighted by Crippen LogP contribution is 2.16. The molecule has 1 aromatic carbocycles. The maximum atomic E-state index is 12.5. The van der Waals surface area contributed by atoms with Gasteiger partial charge in [-0.1, -0.05) is 0 Å². The number of hydrogen-bond acceptors (Lipinski definition) is 2. The number of nitrogen functional groups attached to an aromatic ring is 1. The lowest BCUT2D eigenvalue weighted by Crippen LogP contribution is -2.51. The van der Waals surface area contributed by atoms with Crippen molar-refractivity contribution < 1.29 is 9.18 Å². The molecule has 0 radical (unpaired) electrons. The van der Waals surface area contributed by atoms with E-state index in [1.54, 1.807) is 24.3 Å². The summed E-state index contributed by atoms with van der Waals surface area (Å²) in [6.07, 6.45) is -0.854. The average molecular weight is 194 g/mol. The summed E-state index contributed by atoms with van der Waals surface area (Å²) in [5.41, 5.74) is 6.67. The maximum absolute atomic E-state index is 12.5. The molecule has 0 bridgehead atoms. The largest absolute Gasteiger partial charge is 0.399 e. The lowest BCUT2D eigenvalue weighted by molar-refractivity contribution is 0.0400. The third kappa shape index (κ3) is 1.55. The van der Waals surface area contributed by atoms with Gasteiger partial charge < -0.3 is 10.6 Å². The van der Waals surface area contributed by atoms with Crippen LogP contribution < -0.4 is 5.73 Å². The van der Waals surface area contributed by atoms with E-state index in [4.69, 9.17) is 5.73 Å². The Balaban J connectivity index is 2.08. The number of hydrogen-bond donors (Lipinski definition) is 1. The molecule has 2 rings (SSSR count). The molecule has 1 aliphatic rings. The summed E-state index contributed by atoms with van der Waals surface area (Å²) in [7, 11) is 0. The molecule has 0 atom stereocenters. The number of carbonyl (C=O) groups excluding carboxylic acids is 1. The second-order valence-electron chi connectivity index (χ2n) is 3.43. The molecule has 2 N–H and O–H groups in total. The highest BCUT2D eigenvalue weighted by molar-refractivity contribution is 5.95. The third-order valence-electron chi connectivity index (χ3n) is 2.28. The van der Waals surface area contributed by atoms with Gasteiger partial charge in [-0.2, -0.15) is 0 Å². The number of likely N-dealkylation sites (tertiary alicyclic amines) is 1. The van der Waals surface area contributed by atoms with Gasteiger partial charge in [0.15, 0.2) is 0 Å². The Morgan fingerprint density at radius 2 is 1.93 bits per heavy atom. The highest BCUT2D eigenvalue weighted by Gasteiger charge is 2.30. The van der Waals surface area contributed by atoms with Gasteiger partial charge in [0.05, 0.1) is 13.1 Å². The Labute approximate surface area is 81.3 Å². The van der Waals surface area contributed by atoms with E-state index in [9.17, 15) is 9.18 Å². The van der Waals surface area contributed by atoms with Crippen LogP contribution in [0.2, 0.25) is 0 Å². The molecule has 1 amide bonds. The van der Waals surface area contributed by atoms with Gasteiger partial charge in [-0.3, -0.25) is 4.79 Å². The molecule has 74 valence electrons. The number of nitrogens with two attached hydrogens (primary N) is 1. The van der Waals surface area contributed by atoms with Gasteiger partial charge in [-0.25, -0.2) is 4.39 Å². The summed E-state index contributed by atoms with van der Waals surface area (Å²) in [6.45, 7) is 0.423. The molecule has 3 nitrogen and oxygen atoms in total. The third-order valence-corrected chi connectivity index (χ3v) is 2.28. The number of anilines is 1. The first-order valence-electron chi connectivity index (χ1n) is 4.45. The van der Waals surface area contributed by atoms with E-state index in [0.29, 0.717) is 11.3 Å². The lowest BCUT2D eigenvalue weighted by Gasteiger charge is -2.34. The smallest absolute Gasteiger partial charge is 0.254 e. The van der Waals surface area contributed by atoms with Gasteiger partial charge in [-0.05, 0) is 24.3 Å². The quantitative estimate of drug-likeness (QED) is 0.679. The van der Waals surface area contributed by atoms with Crippen LogP contribution in [0.15, 0.2) is 24.3 Å². The van der Waals surface area contributed by atoms with Crippen LogP contribution in [0.4, 0.5) is 10.1 Å². The van der Waals surface area contributed by atoms with Gasteiger partial charge in [0, 0.05) is 11.3 Å². The first kappa shape index (κ1) is 8.99. The molecule has 4 heteroatoms. The molecule has 1 aromatic rings. The molecule has 0 aromatic heterocycles. The van der Waals surface area contributed by atoms with Crippen LogP contribution in [0, 0.1) is 0 Å². The standard InChI is InChI=1S/C10H11FN2O/c11-8-5-13(6-8)10(14)7-1-3-9(12)4-2-7/h1-4,8H,5-6,12H2. The number of carbonyl (C=O) groups is 1. The van der Waals surface area contributed by atoms with Crippen molar-refractivity contribution in [2.75, 3.05) is 18.8 Å². The number of nitrogens with zero attached hydrogens (tertiary/aromatic N) is 1. The minimum atomic E-state index is -0.854. The monoisotopic (exact) mass is 194 g/mol. The van der Waals surface area contributed by atoms with Crippen molar-refractivity contribution in [2.45, 2.75) is 6.17 Å². The number of benzene rings is 1. The van der Waals surface area contributed by atoms with Crippen LogP contribution in [0.3, 0.4) is 0 Å². The number of rotatable bonds is 1. The fraction of sp³-hybridized carbons (Fsp3) is 0.300. The van der Waals surface area contributed by atoms with Gasteiger partial charge in [0.1, 0.15) is 6.17 Å². The van der Waals surface area contributed by atoms with E-state index >= 15 is 0 Å². The molecule has 0 saturated carbocycles. The molecule has 1 aliphatic heterocycles. The predicted molar refractivity (Wildman–Crippen MR) is 51.7 cm³/mol. The Hall–Kier alpha value is -1.58. The summed E-state index contributed by atoms with van der Waals surface area (Å²) in [4.78, 5) is 13.1. The summed E-state index contributed by atoms with van der Waals surface area (Å²) in [5.74, 6) is -0.126. The molecular weight excluding hydrogens is 183 g/mol. The van der Waals surface area contributed by atoms with Gasteiger partial charge in [0.25, 0.3) is 5.91 Å². The zero-order valence-corrected chi connectivity index (χ0v) is 7.61. The zero-order valence-electron chi connectivity index (χ0n) is 7.61. The van der Waals surface area contributed by atoms with Crippen molar-refractivity contribution in [1.82, 2.24) is 4.90 Å². The molecule has 0 spiro atoms. The second-order valence-corrected chi connectivity index (χ2v) is 3.43. The number of alkyl halides is 1. The van der Waals surface area contributed by atoms with E-state index in [0.717, 1.165) is 0 Å². The summed E-state index contributed by atoms with van der Waals surface area (Å²) in [6, 6.07) is 6.65. The first-order valence-corrected chi connectivity index (χ1v) is 4.45. The molecule has 1 saturated heterocycles. The molecule has 0 unspecified atom stereocenters. The Morgan fingerprint density at radius 1 is 1.36 bits per heavy atom. The highest BCUT2D eigenvalue weighted by atomic mass is 19.1. The van der Waals surface area contributed by atoms with E-state index < -0.39 is 6.17 Å².